The molecule has 0 fully saturated rings. The molecule has 0 aliphatic carbocycles. The maximum absolute atomic E-state index is 12.1. The fraction of sp³-hybridized carbons (Fsp3) is 0.308. The van der Waals surface area contributed by atoms with Crippen molar-refractivity contribution >= 4 is 33.2 Å². The van der Waals surface area contributed by atoms with Gasteiger partial charge in [-0.25, -0.2) is 13.1 Å². The number of hydrogen-bond acceptors (Lipinski definition) is 4. The van der Waals surface area contributed by atoms with Crippen molar-refractivity contribution in [3.8, 4) is 0 Å². The van der Waals surface area contributed by atoms with E-state index in [0.29, 0.717) is 21.3 Å². The Morgan fingerprint density at radius 3 is 2.62 bits per heavy atom. The third-order valence-corrected chi connectivity index (χ3v) is 4.73. The van der Waals surface area contributed by atoms with Gasteiger partial charge < -0.3 is 4.52 Å². The Labute approximate surface area is 133 Å². The van der Waals surface area contributed by atoms with Crippen LogP contribution in [0.5, 0.6) is 0 Å². The average Bonchev–Trinajstić information content (AvgIpc) is 2.72. The predicted molar refractivity (Wildman–Crippen MR) is 81.9 cm³/mol. The smallest absolute Gasteiger partial charge is 0.219 e. The highest BCUT2D eigenvalue weighted by Crippen LogP contribution is 2.26. The van der Waals surface area contributed by atoms with Crippen molar-refractivity contribution in [3.63, 3.8) is 0 Å². The van der Waals surface area contributed by atoms with Gasteiger partial charge in [-0.2, -0.15) is 0 Å². The molecular formula is C13H14Cl2N2O3S. The van der Waals surface area contributed by atoms with E-state index in [4.69, 9.17) is 27.7 Å². The Morgan fingerprint density at radius 2 is 2.05 bits per heavy atom. The van der Waals surface area contributed by atoms with Crippen molar-refractivity contribution in [1.82, 2.24) is 9.88 Å². The van der Waals surface area contributed by atoms with Gasteiger partial charge in [0.15, 0.2) is 5.76 Å². The van der Waals surface area contributed by atoms with Crippen molar-refractivity contribution in [1.29, 1.82) is 0 Å². The van der Waals surface area contributed by atoms with Crippen LogP contribution < -0.4 is 4.72 Å². The van der Waals surface area contributed by atoms with Crippen LogP contribution in [0.15, 0.2) is 28.8 Å². The molecule has 1 atom stereocenters. The molecule has 0 saturated carbocycles. The Kier molecular flexibility index (Phi) is 4.93. The molecule has 1 N–H and O–H groups in total. The summed E-state index contributed by atoms with van der Waals surface area (Å²) in [5, 5.41) is 4.57. The SMILES string of the molecule is Cc1cc(CS(=O)(=O)N[C@@H](C)c2ccc(Cl)cc2Cl)on1. The molecule has 114 valence electrons. The van der Waals surface area contributed by atoms with Gasteiger partial charge in [0.1, 0.15) is 5.75 Å². The van der Waals surface area contributed by atoms with Crippen molar-refractivity contribution in [3.05, 3.63) is 51.3 Å². The molecule has 21 heavy (non-hydrogen) atoms. The first kappa shape index (κ1) is 16.3. The molecule has 2 rings (SSSR count). The molecule has 5 nitrogen and oxygen atoms in total. The summed E-state index contributed by atoms with van der Waals surface area (Å²) in [4.78, 5) is 0. The summed E-state index contributed by atoms with van der Waals surface area (Å²) in [6, 6.07) is 6.02. The predicted octanol–water partition coefficient (Wildman–Crippen LogP) is 3.47. The lowest BCUT2D eigenvalue weighted by atomic mass is 10.1. The molecule has 0 radical (unpaired) electrons. The standard InChI is InChI=1S/C13H14Cl2N2O3S/c1-8-5-11(20-16-8)7-21(18,19)17-9(2)12-4-3-10(14)6-13(12)15/h3-6,9,17H,7H2,1-2H3/t9-/m0/s1. The number of nitrogens with zero attached hydrogens (tertiary/aromatic N) is 1. The summed E-state index contributed by atoms with van der Waals surface area (Å²) in [5.41, 5.74) is 1.28. The van der Waals surface area contributed by atoms with Gasteiger partial charge in [-0.3, -0.25) is 0 Å². The monoisotopic (exact) mass is 348 g/mol. The van der Waals surface area contributed by atoms with Crippen LogP contribution in [0.1, 0.15) is 30.0 Å². The first-order valence-corrected chi connectivity index (χ1v) is 8.55. The molecule has 1 aromatic carbocycles. The largest absolute Gasteiger partial charge is 0.360 e. The van der Waals surface area contributed by atoms with Crippen molar-refractivity contribution in [2.75, 3.05) is 0 Å². The Morgan fingerprint density at radius 1 is 1.33 bits per heavy atom. The van der Waals surface area contributed by atoms with Crippen molar-refractivity contribution in [2.45, 2.75) is 25.6 Å². The zero-order chi connectivity index (χ0) is 15.6. The quantitative estimate of drug-likeness (QED) is 0.897. The van der Waals surface area contributed by atoms with Crippen molar-refractivity contribution < 1.29 is 12.9 Å². The number of sulfonamides is 1. The summed E-state index contributed by atoms with van der Waals surface area (Å²) in [5.74, 6) is 0.0121. The molecule has 0 aliphatic rings. The number of rotatable bonds is 5. The van der Waals surface area contributed by atoms with Gasteiger partial charge in [0.2, 0.25) is 10.0 Å². The van der Waals surface area contributed by atoms with E-state index in [9.17, 15) is 8.42 Å². The summed E-state index contributed by atoms with van der Waals surface area (Å²) < 4.78 is 31.7. The fourth-order valence-corrected chi connectivity index (χ4v) is 3.73. The van der Waals surface area contributed by atoms with Gasteiger partial charge in [0.25, 0.3) is 0 Å². The third kappa shape index (κ3) is 4.44. The number of aromatic nitrogens is 1. The molecule has 0 unspecified atom stereocenters. The highest BCUT2D eigenvalue weighted by molar-refractivity contribution is 7.88. The molecule has 2 aromatic rings. The second kappa shape index (κ2) is 6.36. The van der Waals surface area contributed by atoms with Crippen LogP contribution in [-0.2, 0) is 15.8 Å². The minimum atomic E-state index is -3.57. The molecule has 0 bridgehead atoms. The van der Waals surface area contributed by atoms with Gasteiger partial charge in [0, 0.05) is 22.2 Å². The molecule has 0 saturated heterocycles. The van der Waals surface area contributed by atoms with Gasteiger partial charge in [-0.05, 0) is 31.5 Å². The Balaban J connectivity index is 2.12. The van der Waals surface area contributed by atoms with E-state index in [-0.39, 0.29) is 11.5 Å². The normalized spacial score (nSPS) is 13.3. The molecule has 1 aromatic heterocycles. The van der Waals surface area contributed by atoms with E-state index in [0.717, 1.165) is 0 Å². The summed E-state index contributed by atoms with van der Waals surface area (Å²) in [7, 11) is -3.57. The van der Waals surface area contributed by atoms with Gasteiger partial charge in [-0.15, -0.1) is 0 Å². The van der Waals surface area contributed by atoms with E-state index in [1.165, 1.54) is 0 Å². The van der Waals surface area contributed by atoms with Crippen LogP contribution in [0.3, 0.4) is 0 Å². The lowest BCUT2D eigenvalue weighted by Gasteiger charge is -2.15. The third-order valence-electron chi connectivity index (χ3n) is 2.79. The van der Waals surface area contributed by atoms with Crippen LogP contribution in [-0.4, -0.2) is 13.6 Å². The molecule has 0 spiro atoms. The topological polar surface area (TPSA) is 72.2 Å². The van der Waals surface area contributed by atoms with E-state index in [1.807, 2.05) is 0 Å². The van der Waals surface area contributed by atoms with Crippen molar-refractivity contribution in [2.24, 2.45) is 0 Å². The summed E-state index contributed by atoms with van der Waals surface area (Å²) in [6.07, 6.45) is 0. The summed E-state index contributed by atoms with van der Waals surface area (Å²) in [6.45, 7) is 3.43. The van der Waals surface area contributed by atoms with Crippen LogP contribution in [0.4, 0.5) is 0 Å². The van der Waals surface area contributed by atoms with Crippen LogP contribution in [0.25, 0.3) is 0 Å². The minimum absolute atomic E-state index is 0.274. The fourth-order valence-electron chi connectivity index (χ4n) is 1.90. The Bertz CT molecular complexity index is 744. The summed E-state index contributed by atoms with van der Waals surface area (Å²) >= 11 is 11.9. The molecule has 0 amide bonds. The second-order valence-electron chi connectivity index (χ2n) is 4.70. The Hall–Kier alpha value is -1.08. The van der Waals surface area contributed by atoms with Gasteiger partial charge in [0.05, 0.1) is 5.69 Å². The number of halogens is 2. The average molecular weight is 349 g/mol. The number of benzene rings is 1. The highest BCUT2D eigenvalue weighted by atomic mass is 35.5. The lowest BCUT2D eigenvalue weighted by Crippen LogP contribution is -2.28. The lowest BCUT2D eigenvalue weighted by molar-refractivity contribution is 0.388. The molecular weight excluding hydrogens is 335 g/mol. The second-order valence-corrected chi connectivity index (χ2v) is 7.30. The highest BCUT2D eigenvalue weighted by Gasteiger charge is 2.20. The van der Waals surface area contributed by atoms with E-state index >= 15 is 0 Å². The minimum Gasteiger partial charge on any atom is -0.360 e. The van der Waals surface area contributed by atoms with Gasteiger partial charge >= 0.3 is 0 Å². The zero-order valence-electron chi connectivity index (χ0n) is 11.4. The first-order valence-electron chi connectivity index (χ1n) is 6.14. The number of nitrogens with one attached hydrogen (secondary N) is 1. The van der Waals surface area contributed by atoms with Crippen LogP contribution in [0, 0.1) is 6.92 Å². The number of hydrogen-bond donors (Lipinski definition) is 1. The number of aryl methyl sites for hydroxylation is 1. The van der Waals surface area contributed by atoms with Gasteiger partial charge in [-0.1, -0.05) is 34.4 Å². The molecule has 8 heteroatoms. The van der Waals surface area contributed by atoms with E-state index in [1.54, 1.807) is 38.1 Å². The van der Waals surface area contributed by atoms with E-state index in [2.05, 4.69) is 9.88 Å². The maximum atomic E-state index is 12.1. The van der Waals surface area contributed by atoms with Crippen LogP contribution >= 0.6 is 23.2 Å². The van der Waals surface area contributed by atoms with Crippen LogP contribution in [0.2, 0.25) is 10.0 Å². The molecule has 1 heterocycles. The first-order chi connectivity index (χ1) is 9.77. The molecule has 0 aliphatic heterocycles. The maximum Gasteiger partial charge on any atom is 0.219 e. The zero-order valence-corrected chi connectivity index (χ0v) is 13.8. The van der Waals surface area contributed by atoms with E-state index < -0.39 is 16.1 Å².